The Morgan fingerprint density at radius 3 is 2.62 bits per heavy atom. The van der Waals surface area contributed by atoms with Crippen molar-refractivity contribution in [2.24, 2.45) is 5.16 Å². The maximum Gasteiger partial charge on any atom is 0.278 e. The van der Waals surface area contributed by atoms with Crippen LogP contribution in [0.1, 0.15) is 22.3 Å². The highest BCUT2D eigenvalue weighted by Crippen LogP contribution is 2.29. The Morgan fingerprint density at radius 2 is 1.88 bits per heavy atom. The van der Waals surface area contributed by atoms with E-state index in [2.05, 4.69) is 15.8 Å². The van der Waals surface area contributed by atoms with E-state index in [0.29, 0.717) is 35.7 Å². The summed E-state index contributed by atoms with van der Waals surface area (Å²) in [4.78, 5) is 29.9. The van der Waals surface area contributed by atoms with Crippen LogP contribution in [0.3, 0.4) is 0 Å². The number of carbonyl (C=O) groups is 2. The van der Waals surface area contributed by atoms with Gasteiger partial charge in [-0.3, -0.25) is 9.59 Å². The molecule has 10 nitrogen and oxygen atoms in total. The molecule has 0 spiro atoms. The molecule has 1 fully saturated rings. The summed E-state index contributed by atoms with van der Waals surface area (Å²) in [5.74, 6) is -0.942. The molecule has 2 aliphatic rings. The lowest BCUT2D eigenvalue weighted by atomic mass is 10.0. The maximum absolute atomic E-state index is 13.0. The molecule has 0 unspecified atom stereocenters. The largest absolute Gasteiger partial charge is 0.385 e. The third-order valence-corrected chi connectivity index (χ3v) is 7.64. The lowest BCUT2D eigenvalue weighted by Crippen LogP contribution is -2.40. The van der Waals surface area contributed by atoms with E-state index in [4.69, 9.17) is 9.57 Å². The molecule has 180 valence electrons. The number of carbonyl (C=O) groups excluding carboxylic acids is 2. The van der Waals surface area contributed by atoms with Crippen LogP contribution in [-0.4, -0.2) is 63.2 Å². The molecule has 2 aromatic rings. The summed E-state index contributed by atoms with van der Waals surface area (Å²) in [5, 5.41) is 9.24. The summed E-state index contributed by atoms with van der Waals surface area (Å²) in [6.07, 6.45) is 0. The highest BCUT2D eigenvalue weighted by Gasteiger charge is 2.29. The van der Waals surface area contributed by atoms with E-state index in [1.807, 2.05) is 26.0 Å². The molecule has 0 radical (unpaired) electrons. The van der Waals surface area contributed by atoms with Crippen LogP contribution >= 0.6 is 0 Å². The minimum atomic E-state index is -3.72. The first-order valence-electron chi connectivity index (χ1n) is 10.8. The molecule has 11 heteroatoms. The van der Waals surface area contributed by atoms with Crippen LogP contribution in [0.4, 0.5) is 11.4 Å². The molecule has 1 saturated heterocycles. The van der Waals surface area contributed by atoms with Crippen LogP contribution in [0.25, 0.3) is 0 Å². The second kappa shape index (κ2) is 9.53. The van der Waals surface area contributed by atoms with Gasteiger partial charge in [-0.2, -0.15) is 4.31 Å². The lowest BCUT2D eigenvalue weighted by Gasteiger charge is -2.26. The van der Waals surface area contributed by atoms with Crippen molar-refractivity contribution in [3.05, 3.63) is 52.6 Å². The van der Waals surface area contributed by atoms with Gasteiger partial charge in [0.1, 0.15) is 0 Å². The number of benzene rings is 2. The van der Waals surface area contributed by atoms with E-state index in [9.17, 15) is 18.0 Å². The van der Waals surface area contributed by atoms with Gasteiger partial charge in [-0.15, -0.1) is 0 Å². The number of anilines is 2. The zero-order chi connectivity index (χ0) is 24.5. The van der Waals surface area contributed by atoms with E-state index in [1.54, 1.807) is 19.1 Å². The number of oxime groups is 1. The van der Waals surface area contributed by atoms with Crippen molar-refractivity contribution >= 4 is 38.9 Å². The number of sulfonamides is 1. The smallest absolute Gasteiger partial charge is 0.278 e. The molecule has 0 saturated carbocycles. The van der Waals surface area contributed by atoms with Gasteiger partial charge in [0.05, 0.1) is 23.8 Å². The summed E-state index contributed by atoms with van der Waals surface area (Å²) in [6.45, 7) is 6.30. The van der Waals surface area contributed by atoms with E-state index in [-0.39, 0.29) is 23.7 Å². The Labute approximate surface area is 198 Å². The fourth-order valence-electron chi connectivity index (χ4n) is 3.94. The molecule has 2 aromatic carbocycles. The summed E-state index contributed by atoms with van der Waals surface area (Å²) in [6, 6.07) is 8.45. The first-order valence-corrected chi connectivity index (χ1v) is 12.2. The molecule has 0 atom stereocenters. The number of hydrogen-bond donors (Lipinski definition) is 2. The highest BCUT2D eigenvalue weighted by atomic mass is 32.2. The Kier molecular flexibility index (Phi) is 6.69. The Hall–Kier alpha value is -3.28. The minimum absolute atomic E-state index is 0.101. The van der Waals surface area contributed by atoms with Gasteiger partial charge < -0.3 is 20.2 Å². The summed E-state index contributed by atoms with van der Waals surface area (Å²) in [5.41, 5.74) is 4.17. The van der Waals surface area contributed by atoms with Gasteiger partial charge in [-0.25, -0.2) is 8.42 Å². The SMILES string of the molecule is Cc1cc(C)c2c(c1)C(=NOCC(=O)Nc1ccc(C)c(S(=O)(=O)N3CCOCC3)c1)C(=O)N2. The van der Waals surface area contributed by atoms with Crippen LogP contribution in [0.15, 0.2) is 40.4 Å². The number of aryl methyl sites for hydroxylation is 3. The van der Waals surface area contributed by atoms with Gasteiger partial charge in [-0.1, -0.05) is 22.9 Å². The number of morpholine rings is 1. The van der Waals surface area contributed by atoms with E-state index >= 15 is 0 Å². The third-order valence-electron chi connectivity index (χ3n) is 5.60. The fourth-order valence-corrected chi connectivity index (χ4v) is 5.60. The van der Waals surface area contributed by atoms with Gasteiger partial charge in [0.2, 0.25) is 10.0 Å². The van der Waals surface area contributed by atoms with Crippen molar-refractivity contribution in [2.75, 3.05) is 43.5 Å². The minimum Gasteiger partial charge on any atom is -0.385 e. The van der Waals surface area contributed by atoms with Crippen molar-refractivity contribution in [1.82, 2.24) is 4.31 Å². The third kappa shape index (κ3) is 4.81. The Bertz CT molecular complexity index is 1280. The van der Waals surface area contributed by atoms with E-state index in [1.165, 1.54) is 10.4 Å². The van der Waals surface area contributed by atoms with Crippen LogP contribution in [-0.2, 0) is 29.2 Å². The lowest BCUT2D eigenvalue weighted by molar-refractivity contribution is -0.120. The first-order chi connectivity index (χ1) is 16.2. The second-order valence-electron chi connectivity index (χ2n) is 8.22. The number of amides is 2. The summed E-state index contributed by atoms with van der Waals surface area (Å²) >= 11 is 0. The average molecular weight is 487 g/mol. The van der Waals surface area contributed by atoms with Crippen molar-refractivity contribution in [3.63, 3.8) is 0 Å². The summed E-state index contributed by atoms with van der Waals surface area (Å²) < 4.78 is 32.7. The number of hydrogen-bond acceptors (Lipinski definition) is 7. The fraction of sp³-hybridized carbons (Fsp3) is 0.348. The molecule has 2 heterocycles. The molecule has 0 bridgehead atoms. The Morgan fingerprint density at radius 1 is 1.15 bits per heavy atom. The van der Waals surface area contributed by atoms with Crippen LogP contribution in [0.2, 0.25) is 0 Å². The van der Waals surface area contributed by atoms with E-state index < -0.39 is 28.4 Å². The van der Waals surface area contributed by atoms with Crippen molar-refractivity contribution in [3.8, 4) is 0 Å². The molecular formula is C23H26N4O6S. The van der Waals surface area contributed by atoms with Crippen LogP contribution in [0, 0.1) is 20.8 Å². The van der Waals surface area contributed by atoms with E-state index in [0.717, 1.165) is 11.1 Å². The molecule has 0 aromatic heterocycles. The molecular weight excluding hydrogens is 460 g/mol. The van der Waals surface area contributed by atoms with Gasteiger partial charge in [0.15, 0.2) is 12.3 Å². The van der Waals surface area contributed by atoms with Crippen LogP contribution in [0.5, 0.6) is 0 Å². The van der Waals surface area contributed by atoms with Crippen molar-refractivity contribution < 1.29 is 27.6 Å². The number of fused-ring (bicyclic) bond motifs is 1. The summed E-state index contributed by atoms with van der Waals surface area (Å²) in [7, 11) is -3.72. The first kappa shape index (κ1) is 23.9. The zero-order valence-electron chi connectivity index (χ0n) is 19.2. The zero-order valence-corrected chi connectivity index (χ0v) is 20.0. The standard InChI is InChI=1S/C23H26N4O6S/c1-14-10-16(3)21-18(11-14)22(23(29)25-21)26-33-13-20(28)24-17-5-4-15(2)19(12-17)34(30,31)27-6-8-32-9-7-27/h4-5,10-12H,6-9,13H2,1-3H3,(H,24,28)(H,25,26,29). The molecule has 2 amide bonds. The number of nitrogens with zero attached hydrogens (tertiary/aromatic N) is 2. The van der Waals surface area contributed by atoms with Crippen molar-refractivity contribution in [1.29, 1.82) is 0 Å². The maximum atomic E-state index is 13.0. The second-order valence-corrected chi connectivity index (χ2v) is 10.1. The monoisotopic (exact) mass is 486 g/mol. The van der Waals surface area contributed by atoms with Gasteiger partial charge in [-0.05, 0) is 50.1 Å². The molecule has 34 heavy (non-hydrogen) atoms. The quantitative estimate of drug-likeness (QED) is 0.601. The number of rotatable bonds is 6. The average Bonchev–Trinajstić information content (AvgIpc) is 3.11. The van der Waals surface area contributed by atoms with Crippen molar-refractivity contribution in [2.45, 2.75) is 25.7 Å². The van der Waals surface area contributed by atoms with Gasteiger partial charge >= 0.3 is 0 Å². The topological polar surface area (TPSA) is 126 Å². The predicted octanol–water partition coefficient (Wildman–Crippen LogP) is 1.94. The molecule has 4 rings (SSSR count). The predicted molar refractivity (Wildman–Crippen MR) is 126 cm³/mol. The number of ether oxygens (including phenoxy) is 1. The molecule has 0 aliphatic carbocycles. The number of nitrogens with one attached hydrogen (secondary N) is 2. The molecule has 2 N–H and O–H groups in total. The Balaban J connectivity index is 1.44. The highest BCUT2D eigenvalue weighted by molar-refractivity contribution is 7.89. The van der Waals surface area contributed by atoms with Gasteiger partial charge in [0, 0.05) is 24.3 Å². The molecule has 2 aliphatic heterocycles. The normalized spacial score (nSPS) is 17.4. The van der Waals surface area contributed by atoms with Crippen LogP contribution < -0.4 is 10.6 Å². The van der Waals surface area contributed by atoms with Gasteiger partial charge in [0.25, 0.3) is 11.8 Å².